The Kier molecular flexibility index (Phi) is 6.69. The molecule has 2 aromatic rings. The minimum atomic E-state index is -0.0422. The Labute approximate surface area is 189 Å². The van der Waals surface area contributed by atoms with E-state index < -0.39 is 0 Å². The van der Waals surface area contributed by atoms with E-state index in [1.165, 1.54) is 18.4 Å². The van der Waals surface area contributed by atoms with Gasteiger partial charge in [0.15, 0.2) is 11.5 Å². The number of amides is 1. The maximum absolute atomic E-state index is 12.8. The van der Waals surface area contributed by atoms with Crippen LogP contribution in [0.2, 0.25) is 0 Å². The van der Waals surface area contributed by atoms with Gasteiger partial charge in [-0.2, -0.15) is 10.4 Å². The van der Waals surface area contributed by atoms with Crippen LogP contribution in [0, 0.1) is 25.2 Å². The van der Waals surface area contributed by atoms with Crippen LogP contribution in [0.1, 0.15) is 61.0 Å². The lowest BCUT2D eigenvalue weighted by Gasteiger charge is -2.31. The summed E-state index contributed by atoms with van der Waals surface area (Å²) in [7, 11) is 0. The van der Waals surface area contributed by atoms with Crippen LogP contribution in [0.4, 0.5) is 0 Å². The average Bonchev–Trinajstić information content (AvgIpc) is 3.40. The van der Waals surface area contributed by atoms with Crippen LogP contribution in [0.15, 0.2) is 18.2 Å². The van der Waals surface area contributed by atoms with Crippen molar-refractivity contribution in [3.05, 3.63) is 40.7 Å². The average molecular weight is 437 g/mol. The number of nitrogens with one attached hydrogen (secondary N) is 1. The van der Waals surface area contributed by atoms with Crippen LogP contribution >= 0.6 is 0 Å². The molecule has 7 nitrogen and oxygen atoms in total. The Morgan fingerprint density at radius 3 is 2.72 bits per heavy atom. The molecule has 1 aliphatic heterocycles. The predicted molar refractivity (Wildman–Crippen MR) is 121 cm³/mol. The number of aryl methyl sites for hydroxylation is 2. The quantitative estimate of drug-likeness (QED) is 0.681. The summed E-state index contributed by atoms with van der Waals surface area (Å²) in [6.45, 7) is 6.38. The zero-order valence-electron chi connectivity index (χ0n) is 19.1. The molecule has 0 radical (unpaired) electrons. The molecule has 0 saturated heterocycles. The minimum absolute atomic E-state index is 0.0422. The first-order chi connectivity index (χ1) is 15.5. The van der Waals surface area contributed by atoms with Crippen LogP contribution in [-0.4, -0.2) is 35.4 Å². The highest BCUT2D eigenvalue weighted by molar-refractivity contribution is 5.76. The molecule has 0 unspecified atom stereocenters. The SMILES string of the molecule is Cc1nn(CCC#N)c(C)c1CCC(=O)NCC1(c2ccc3c(c2)OCCO3)CCCC1. The number of carbonyl (C=O) groups is 1. The number of nitrogens with zero attached hydrogens (tertiary/aromatic N) is 3. The van der Waals surface area contributed by atoms with Crippen molar-refractivity contribution in [1.82, 2.24) is 15.1 Å². The minimum Gasteiger partial charge on any atom is -0.486 e. The van der Waals surface area contributed by atoms with Gasteiger partial charge < -0.3 is 14.8 Å². The summed E-state index contributed by atoms with van der Waals surface area (Å²) in [5.74, 6) is 1.68. The Balaban J connectivity index is 1.38. The van der Waals surface area contributed by atoms with Crippen LogP contribution in [0.5, 0.6) is 11.5 Å². The molecule has 1 aromatic heterocycles. The predicted octanol–water partition coefficient (Wildman–Crippen LogP) is 3.75. The van der Waals surface area contributed by atoms with Gasteiger partial charge in [0.05, 0.1) is 24.7 Å². The standard InChI is InChI=1S/C25H32N4O3/c1-18-21(19(2)29(28-18)13-5-12-26)7-9-24(30)27-17-25(10-3-4-11-25)20-6-8-22-23(16-20)32-15-14-31-22/h6,8,16H,3-5,7,9-11,13-15,17H2,1-2H3,(H,27,30). The Morgan fingerprint density at radius 1 is 1.22 bits per heavy atom. The molecule has 1 saturated carbocycles. The highest BCUT2D eigenvalue weighted by atomic mass is 16.6. The number of carbonyl (C=O) groups excluding carboxylic acids is 1. The van der Waals surface area contributed by atoms with E-state index >= 15 is 0 Å². The fraction of sp³-hybridized carbons (Fsp3) is 0.560. The molecule has 0 spiro atoms. The Morgan fingerprint density at radius 2 is 1.97 bits per heavy atom. The van der Waals surface area contributed by atoms with Crippen molar-refractivity contribution >= 4 is 5.91 Å². The fourth-order valence-electron chi connectivity index (χ4n) is 5.06. The van der Waals surface area contributed by atoms with Gasteiger partial charge >= 0.3 is 0 Å². The Hall–Kier alpha value is -3.01. The van der Waals surface area contributed by atoms with Crippen LogP contribution < -0.4 is 14.8 Å². The van der Waals surface area contributed by atoms with Gasteiger partial charge in [0.1, 0.15) is 13.2 Å². The molecular formula is C25H32N4O3. The highest BCUT2D eigenvalue weighted by Gasteiger charge is 2.36. The van der Waals surface area contributed by atoms with E-state index in [1.54, 1.807) is 0 Å². The van der Waals surface area contributed by atoms with E-state index in [0.717, 1.165) is 41.3 Å². The van der Waals surface area contributed by atoms with E-state index in [4.69, 9.17) is 14.7 Å². The highest BCUT2D eigenvalue weighted by Crippen LogP contribution is 2.43. The first kappa shape index (κ1) is 22.2. The van der Waals surface area contributed by atoms with Crippen LogP contribution in [0.25, 0.3) is 0 Å². The third-order valence-corrected chi connectivity index (χ3v) is 6.91. The van der Waals surface area contributed by atoms with E-state index in [9.17, 15) is 4.79 Å². The van der Waals surface area contributed by atoms with E-state index in [-0.39, 0.29) is 11.3 Å². The second-order valence-corrected chi connectivity index (χ2v) is 8.90. The topological polar surface area (TPSA) is 89.2 Å². The summed E-state index contributed by atoms with van der Waals surface area (Å²) in [6, 6.07) is 8.40. The van der Waals surface area contributed by atoms with Gasteiger partial charge in [-0.05, 0) is 56.4 Å². The molecule has 0 bridgehead atoms. The van der Waals surface area contributed by atoms with E-state index in [2.05, 4.69) is 28.6 Å². The molecule has 32 heavy (non-hydrogen) atoms. The third kappa shape index (κ3) is 4.59. The van der Waals surface area contributed by atoms with Gasteiger partial charge in [0.2, 0.25) is 5.91 Å². The number of aromatic nitrogens is 2. The molecule has 2 heterocycles. The summed E-state index contributed by atoms with van der Waals surface area (Å²) in [6.07, 6.45) is 6.00. The smallest absolute Gasteiger partial charge is 0.220 e. The molecule has 1 amide bonds. The largest absolute Gasteiger partial charge is 0.486 e. The number of benzene rings is 1. The maximum Gasteiger partial charge on any atom is 0.220 e. The van der Waals surface area contributed by atoms with Crippen molar-refractivity contribution in [3.63, 3.8) is 0 Å². The third-order valence-electron chi connectivity index (χ3n) is 6.91. The van der Waals surface area contributed by atoms with Crippen molar-refractivity contribution in [2.24, 2.45) is 0 Å². The zero-order valence-corrected chi connectivity index (χ0v) is 19.1. The number of hydrogen-bond donors (Lipinski definition) is 1. The first-order valence-electron chi connectivity index (χ1n) is 11.6. The van der Waals surface area contributed by atoms with Crippen molar-refractivity contribution in [2.75, 3.05) is 19.8 Å². The second kappa shape index (κ2) is 9.64. The van der Waals surface area contributed by atoms with E-state index in [1.807, 2.05) is 24.6 Å². The summed E-state index contributed by atoms with van der Waals surface area (Å²) < 4.78 is 13.3. The monoisotopic (exact) mass is 436 g/mol. The van der Waals surface area contributed by atoms with Crippen molar-refractivity contribution in [2.45, 2.75) is 70.8 Å². The number of hydrogen-bond acceptors (Lipinski definition) is 5. The van der Waals surface area contributed by atoms with Gasteiger partial charge in [-0.25, -0.2) is 0 Å². The molecule has 4 rings (SSSR count). The zero-order chi connectivity index (χ0) is 22.6. The summed E-state index contributed by atoms with van der Waals surface area (Å²) >= 11 is 0. The molecule has 7 heteroatoms. The molecule has 0 atom stereocenters. The molecule has 1 fully saturated rings. The molecule has 1 aromatic carbocycles. The lowest BCUT2D eigenvalue weighted by Crippen LogP contribution is -2.39. The van der Waals surface area contributed by atoms with E-state index in [0.29, 0.717) is 45.6 Å². The van der Waals surface area contributed by atoms with Gasteiger partial charge in [0, 0.05) is 24.1 Å². The normalized spacial score (nSPS) is 16.5. The van der Waals surface area contributed by atoms with Crippen molar-refractivity contribution in [3.8, 4) is 17.6 Å². The lowest BCUT2D eigenvalue weighted by atomic mass is 9.78. The van der Waals surface area contributed by atoms with Gasteiger partial charge in [-0.3, -0.25) is 9.48 Å². The molecule has 170 valence electrons. The molecular weight excluding hydrogens is 404 g/mol. The number of ether oxygens (including phenoxy) is 2. The number of rotatable bonds is 8. The van der Waals surface area contributed by atoms with Crippen LogP contribution in [0.3, 0.4) is 0 Å². The lowest BCUT2D eigenvalue weighted by molar-refractivity contribution is -0.121. The van der Waals surface area contributed by atoms with Gasteiger partial charge in [-0.1, -0.05) is 18.9 Å². The molecule has 2 aliphatic rings. The van der Waals surface area contributed by atoms with Crippen molar-refractivity contribution < 1.29 is 14.3 Å². The first-order valence-corrected chi connectivity index (χ1v) is 11.6. The summed E-state index contributed by atoms with van der Waals surface area (Å²) in [4.78, 5) is 12.8. The fourth-order valence-corrected chi connectivity index (χ4v) is 5.06. The molecule has 1 N–H and O–H groups in total. The Bertz CT molecular complexity index is 1010. The summed E-state index contributed by atoms with van der Waals surface area (Å²) in [5.41, 5.74) is 4.29. The maximum atomic E-state index is 12.8. The molecule has 1 aliphatic carbocycles. The van der Waals surface area contributed by atoms with Crippen molar-refractivity contribution in [1.29, 1.82) is 5.26 Å². The number of fused-ring (bicyclic) bond motifs is 1. The summed E-state index contributed by atoms with van der Waals surface area (Å²) in [5, 5.41) is 16.6. The second-order valence-electron chi connectivity index (χ2n) is 8.90. The number of nitriles is 1. The van der Waals surface area contributed by atoms with Gasteiger partial charge in [0.25, 0.3) is 0 Å². The van der Waals surface area contributed by atoms with Gasteiger partial charge in [-0.15, -0.1) is 0 Å². The van der Waals surface area contributed by atoms with Crippen LogP contribution in [-0.2, 0) is 23.2 Å².